The normalized spacial score (nSPS) is 11.7. The van der Waals surface area contributed by atoms with E-state index < -0.39 is 0 Å². The SMILES string of the molecule is COc1cc2c(c(-c3ccccc3)c1-c1ccccc1)Cc1ccccc1-2. The minimum absolute atomic E-state index is 0.926. The summed E-state index contributed by atoms with van der Waals surface area (Å²) in [4.78, 5) is 0. The average Bonchev–Trinajstić information content (AvgIpc) is 3.12. The molecule has 0 atom stereocenters. The van der Waals surface area contributed by atoms with Crippen molar-refractivity contribution in [1.82, 2.24) is 0 Å². The Balaban J connectivity index is 1.89. The highest BCUT2D eigenvalue weighted by atomic mass is 16.5. The van der Waals surface area contributed by atoms with Crippen LogP contribution < -0.4 is 4.74 Å². The summed E-state index contributed by atoms with van der Waals surface area (Å²) in [5.74, 6) is 0.926. The van der Waals surface area contributed by atoms with Crippen molar-refractivity contribution in [1.29, 1.82) is 0 Å². The molecule has 0 heterocycles. The molecule has 0 amide bonds. The molecule has 4 aromatic rings. The first-order chi connectivity index (χ1) is 13.4. The molecule has 0 aromatic heterocycles. The maximum atomic E-state index is 5.90. The number of ether oxygens (including phenoxy) is 1. The quantitative estimate of drug-likeness (QED) is 0.357. The van der Waals surface area contributed by atoms with Crippen LogP contribution in [0, 0.1) is 0 Å². The first-order valence-electron chi connectivity index (χ1n) is 9.30. The Morgan fingerprint density at radius 1 is 0.630 bits per heavy atom. The van der Waals surface area contributed by atoms with Crippen molar-refractivity contribution < 1.29 is 4.74 Å². The van der Waals surface area contributed by atoms with Gasteiger partial charge in [-0.05, 0) is 51.4 Å². The van der Waals surface area contributed by atoms with Gasteiger partial charge >= 0.3 is 0 Å². The van der Waals surface area contributed by atoms with Crippen molar-refractivity contribution in [2.45, 2.75) is 6.42 Å². The molecule has 1 nitrogen and oxygen atoms in total. The fraction of sp³-hybridized carbons (Fsp3) is 0.0769. The molecule has 1 aliphatic carbocycles. The van der Waals surface area contributed by atoms with E-state index in [0.717, 1.165) is 12.2 Å². The second-order valence-electron chi connectivity index (χ2n) is 6.92. The minimum atomic E-state index is 0.926. The summed E-state index contributed by atoms with van der Waals surface area (Å²) in [6.07, 6.45) is 0.958. The van der Waals surface area contributed by atoms with Gasteiger partial charge in [-0.3, -0.25) is 0 Å². The zero-order chi connectivity index (χ0) is 18.2. The number of fused-ring (bicyclic) bond motifs is 3. The summed E-state index contributed by atoms with van der Waals surface area (Å²) in [5.41, 5.74) is 10.3. The highest BCUT2D eigenvalue weighted by Gasteiger charge is 2.27. The van der Waals surface area contributed by atoms with Crippen LogP contribution in [-0.2, 0) is 6.42 Å². The van der Waals surface area contributed by atoms with Crippen LogP contribution in [0.3, 0.4) is 0 Å². The summed E-state index contributed by atoms with van der Waals surface area (Å²) in [5, 5.41) is 0. The van der Waals surface area contributed by atoms with Crippen LogP contribution in [-0.4, -0.2) is 7.11 Å². The van der Waals surface area contributed by atoms with Gasteiger partial charge < -0.3 is 4.74 Å². The predicted molar refractivity (Wildman–Crippen MR) is 112 cm³/mol. The van der Waals surface area contributed by atoms with Crippen LogP contribution in [0.1, 0.15) is 11.1 Å². The van der Waals surface area contributed by atoms with Gasteiger partial charge in [-0.2, -0.15) is 0 Å². The van der Waals surface area contributed by atoms with Crippen molar-refractivity contribution in [3.63, 3.8) is 0 Å². The van der Waals surface area contributed by atoms with Crippen LogP contribution in [0.2, 0.25) is 0 Å². The summed E-state index contributed by atoms with van der Waals surface area (Å²) >= 11 is 0. The summed E-state index contributed by atoms with van der Waals surface area (Å²) < 4.78 is 5.90. The molecule has 130 valence electrons. The van der Waals surface area contributed by atoms with Crippen LogP contribution >= 0.6 is 0 Å². The van der Waals surface area contributed by atoms with Gasteiger partial charge in [-0.15, -0.1) is 0 Å². The van der Waals surface area contributed by atoms with Crippen molar-refractivity contribution in [2.24, 2.45) is 0 Å². The van der Waals surface area contributed by atoms with Gasteiger partial charge in [0.25, 0.3) is 0 Å². The maximum Gasteiger partial charge on any atom is 0.127 e. The Bertz CT molecular complexity index is 1110. The molecule has 0 saturated heterocycles. The molecule has 0 unspecified atom stereocenters. The van der Waals surface area contributed by atoms with Gasteiger partial charge in [0.2, 0.25) is 0 Å². The van der Waals surface area contributed by atoms with Gasteiger partial charge in [0.05, 0.1) is 7.11 Å². The molecule has 4 aromatic carbocycles. The third-order valence-electron chi connectivity index (χ3n) is 5.42. The molecule has 0 bridgehead atoms. The van der Waals surface area contributed by atoms with Crippen LogP contribution in [0.5, 0.6) is 5.75 Å². The second-order valence-corrected chi connectivity index (χ2v) is 6.92. The summed E-state index contributed by atoms with van der Waals surface area (Å²) in [6, 6.07) is 32.2. The monoisotopic (exact) mass is 348 g/mol. The van der Waals surface area contributed by atoms with Crippen molar-refractivity contribution in [3.8, 4) is 39.1 Å². The Labute approximate surface area is 159 Å². The standard InChI is InChI=1S/C26H20O/c1-27-24-17-22-21-15-9-8-14-20(21)16-23(22)25(18-10-4-2-5-11-18)26(24)19-12-6-3-7-13-19/h2-15,17H,16H2,1H3. The van der Waals surface area contributed by atoms with Gasteiger partial charge in [-0.1, -0.05) is 84.9 Å². The second kappa shape index (κ2) is 6.44. The summed E-state index contributed by atoms with van der Waals surface area (Å²) in [7, 11) is 1.77. The molecule has 1 aliphatic rings. The Morgan fingerprint density at radius 3 is 1.89 bits per heavy atom. The van der Waals surface area contributed by atoms with E-state index in [9.17, 15) is 0 Å². The number of hydrogen-bond donors (Lipinski definition) is 0. The zero-order valence-electron chi connectivity index (χ0n) is 15.3. The van der Waals surface area contributed by atoms with Gasteiger partial charge in [-0.25, -0.2) is 0 Å². The fourth-order valence-corrected chi connectivity index (χ4v) is 4.23. The third-order valence-corrected chi connectivity index (χ3v) is 5.42. The molecule has 0 radical (unpaired) electrons. The first-order valence-corrected chi connectivity index (χ1v) is 9.30. The first kappa shape index (κ1) is 15.9. The topological polar surface area (TPSA) is 9.23 Å². The lowest BCUT2D eigenvalue weighted by atomic mass is 9.87. The Hall–Kier alpha value is -3.32. The fourth-order valence-electron chi connectivity index (χ4n) is 4.23. The van der Waals surface area contributed by atoms with E-state index in [0.29, 0.717) is 0 Å². The lowest BCUT2D eigenvalue weighted by molar-refractivity contribution is 0.416. The minimum Gasteiger partial charge on any atom is -0.496 e. The lowest BCUT2D eigenvalue weighted by Crippen LogP contribution is -1.97. The molecule has 0 saturated carbocycles. The van der Waals surface area contributed by atoms with Crippen LogP contribution in [0.25, 0.3) is 33.4 Å². The van der Waals surface area contributed by atoms with Gasteiger partial charge in [0.1, 0.15) is 5.75 Å². The van der Waals surface area contributed by atoms with E-state index in [4.69, 9.17) is 4.74 Å². The summed E-state index contributed by atoms with van der Waals surface area (Å²) in [6.45, 7) is 0. The number of hydrogen-bond acceptors (Lipinski definition) is 1. The highest BCUT2D eigenvalue weighted by molar-refractivity contribution is 5.96. The van der Waals surface area contributed by atoms with Crippen molar-refractivity contribution in [3.05, 3.63) is 102 Å². The van der Waals surface area contributed by atoms with E-state index >= 15 is 0 Å². The van der Waals surface area contributed by atoms with E-state index in [2.05, 4.69) is 91.0 Å². The molecule has 0 fully saturated rings. The van der Waals surface area contributed by atoms with Gasteiger partial charge in [0.15, 0.2) is 0 Å². The predicted octanol–water partition coefficient (Wildman–Crippen LogP) is 6.60. The maximum absolute atomic E-state index is 5.90. The van der Waals surface area contributed by atoms with Gasteiger partial charge in [0, 0.05) is 5.56 Å². The Kier molecular flexibility index (Phi) is 3.79. The molecule has 5 rings (SSSR count). The van der Waals surface area contributed by atoms with Crippen LogP contribution in [0.4, 0.5) is 0 Å². The largest absolute Gasteiger partial charge is 0.496 e. The molecular weight excluding hydrogens is 328 g/mol. The van der Waals surface area contributed by atoms with E-state index in [1.807, 2.05) is 0 Å². The number of methoxy groups -OCH3 is 1. The average molecular weight is 348 g/mol. The molecule has 1 heteroatoms. The molecule has 0 N–H and O–H groups in total. The van der Waals surface area contributed by atoms with Crippen LogP contribution in [0.15, 0.2) is 91.0 Å². The smallest absolute Gasteiger partial charge is 0.127 e. The number of benzene rings is 4. The molecule has 0 aliphatic heterocycles. The third kappa shape index (κ3) is 2.55. The van der Waals surface area contributed by atoms with E-state index in [1.165, 1.54) is 44.5 Å². The van der Waals surface area contributed by atoms with Crippen molar-refractivity contribution >= 4 is 0 Å². The molecular formula is C26H20O. The van der Waals surface area contributed by atoms with Crippen molar-refractivity contribution in [2.75, 3.05) is 7.11 Å². The lowest BCUT2D eigenvalue weighted by Gasteiger charge is -2.19. The Morgan fingerprint density at radius 2 is 1.22 bits per heavy atom. The van der Waals surface area contributed by atoms with E-state index in [1.54, 1.807) is 7.11 Å². The molecule has 0 spiro atoms. The highest BCUT2D eigenvalue weighted by Crippen LogP contribution is 2.50. The van der Waals surface area contributed by atoms with E-state index in [-0.39, 0.29) is 0 Å². The number of rotatable bonds is 3. The molecule has 27 heavy (non-hydrogen) atoms. The zero-order valence-corrected chi connectivity index (χ0v) is 15.3.